The van der Waals surface area contributed by atoms with Crippen LogP contribution in [0.15, 0.2) is 259 Å². The van der Waals surface area contributed by atoms with Crippen LogP contribution in [0.2, 0.25) is 0 Å². The largest absolute Gasteiger partial charge is 0.457 e. The number of nitrogens with zero attached hydrogens (tertiary/aromatic N) is 1. The van der Waals surface area contributed by atoms with Crippen molar-refractivity contribution in [2.24, 2.45) is 0 Å². The Morgan fingerprint density at radius 3 is 1.62 bits per heavy atom. The molecule has 2 aliphatic carbocycles. The first-order chi connectivity index (χ1) is 34.2. The lowest BCUT2D eigenvalue weighted by molar-refractivity contribution is 0.436. The maximum Gasteiger partial charge on any atom is 0.132 e. The summed E-state index contributed by atoms with van der Waals surface area (Å²) < 4.78 is 6.76. The summed E-state index contributed by atoms with van der Waals surface area (Å²) in [6, 6.07) is 92.5. The Morgan fingerprint density at radius 1 is 0.333 bits per heavy atom. The van der Waals surface area contributed by atoms with E-state index in [0.29, 0.717) is 0 Å². The van der Waals surface area contributed by atoms with Gasteiger partial charge >= 0.3 is 0 Å². The molecule has 0 bridgehead atoms. The van der Waals surface area contributed by atoms with E-state index in [9.17, 15) is 0 Å². The quantitative estimate of drug-likeness (QED) is 0.175. The van der Waals surface area contributed by atoms with E-state index in [-0.39, 0.29) is 0 Å². The molecule has 3 heteroatoms. The molecule has 0 aromatic heterocycles. The highest BCUT2D eigenvalue weighted by Gasteiger charge is 2.53. The molecule has 0 N–H and O–H groups in total. The highest BCUT2D eigenvalue weighted by Crippen LogP contribution is 2.66. The Labute approximate surface area is 405 Å². The van der Waals surface area contributed by atoms with E-state index in [1.807, 2.05) is 11.8 Å². The summed E-state index contributed by atoms with van der Waals surface area (Å²) in [6.07, 6.45) is 0. The van der Waals surface area contributed by atoms with Crippen LogP contribution in [0.5, 0.6) is 11.5 Å². The van der Waals surface area contributed by atoms with Gasteiger partial charge in [0.05, 0.1) is 22.2 Å². The molecule has 4 aliphatic rings. The van der Waals surface area contributed by atoms with Crippen LogP contribution in [0.4, 0.5) is 17.1 Å². The second-order valence-corrected chi connectivity index (χ2v) is 19.7. The van der Waals surface area contributed by atoms with Gasteiger partial charge in [0, 0.05) is 37.7 Å². The van der Waals surface area contributed by atoms with Crippen LogP contribution in [0.25, 0.3) is 44.2 Å². The van der Waals surface area contributed by atoms with Gasteiger partial charge in [-0.1, -0.05) is 212 Å². The number of anilines is 3. The molecule has 69 heavy (non-hydrogen) atoms. The van der Waals surface area contributed by atoms with Gasteiger partial charge in [-0.15, -0.1) is 0 Å². The summed E-state index contributed by atoms with van der Waals surface area (Å²) >= 11 is 1.89. The fraction of sp³-hybridized carbons (Fsp3) is 0.0303. The molecule has 2 spiro atoms. The van der Waals surface area contributed by atoms with Crippen LogP contribution in [0.3, 0.4) is 0 Å². The number of para-hydroxylation sites is 3. The monoisotopic (exact) mass is 895 g/mol. The first-order valence-corrected chi connectivity index (χ1v) is 24.6. The van der Waals surface area contributed by atoms with E-state index in [1.165, 1.54) is 81.8 Å². The van der Waals surface area contributed by atoms with Crippen molar-refractivity contribution in [1.29, 1.82) is 0 Å². The van der Waals surface area contributed by atoms with Crippen molar-refractivity contribution in [2.45, 2.75) is 20.6 Å². The van der Waals surface area contributed by atoms with Crippen molar-refractivity contribution in [1.82, 2.24) is 0 Å². The van der Waals surface area contributed by atoms with Gasteiger partial charge in [0.15, 0.2) is 0 Å². The molecule has 0 atom stereocenters. The Morgan fingerprint density at radius 2 is 0.870 bits per heavy atom. The van der Waals surface area contributed by atoms with Gasteiger partial charge in [-0.3, -0.25) is 0 Å². The topological polar surface area (TPSA) is 12.5 Å². The predicted molar refractivity (Wildman–Crippen MR) is 283 cm³/mol. The zero-order valence-electron chi connectivity index (χ0n) is 37.4. The van der Waals surface area contributed by atoms with Gasteiger partial charge in [0.1, 0.15) is 11.5 Å². The first-order valence-electron chi connectivity index (χ1n) is 23.8. The van der Waals surface area contributed by atoms with Crippen LogP contribution >= 0.6 is 11.8 Å². The average molecular weight is 896 g/mol. The first kappa shape index (κ1) is 38.7. The van der Waals surface area contributed by atoms with E-state index in [2.05, 4.69) is 254 Å². The molecule has 2 heterocycles. The molecular weight excluding hydrogens is 855 g/mol. The fourth-order valence-electron chi connectivity index (χ4n) is 12.8. The maximum absolute atomic E-state index is 6.76. The lowest BCUT2D eigenvalue weighted by Crippen LogP contribution is -2.32. The predicted octanol–water partition coefficient (Wildman–Crippen LogP) is 17.3. The molecule has 2 aliphatic heterocycles. The van der Waals surface area contributed by atoms with E-state index >= 15 is 0 Å². The maximum atomic E-state index is 6.76. The second kappa shape index (κ2) is 14.6. The average Bonchev–Trinajstić information content (AvgIpc) is 3.88. The number of ether oxygens (including phenoxy) is 1. The van der Waals surface area contributed by atoms with Crippen LogP contribution in [-0.2, 0) is 10.8 Å². The number of benzene rings is 11. The smallest absolute Gasteiger partial charge is 0.132 e. The number of hydrogen-bond donors (Lipinski definition) is 0. The van der Waals surface area contributed by atoms with Crippen LogP contribution in [0.1, 0.15) is 44.5 Å². The number of rotatable bonds is 4. The summed E-state index contributed by atoms with van der Waals surface area (Å²) in [5.74, 6) is 1.77. The fourth-order valence-corrected chi connectivity index (χ4v) is 14.0. The zero-order valence-corrected chi connectivity index (χ0v) is 38.3. The van der Waals surface area contributed by atoms with Crippen molar-refractivity contribution in [2.75, 3.05) is 4.90 Å². The summed E-state index contributed by atoms with van der Waals surface area (Å²) in [6.45, 7) is 0. The molecular formula is C66H41NOS. The summed E-state index contributed by atoms with van der Waals surface area (Å²) in [5, 5.41) is 2.53. The molecule has 0 radical (unpaired) electrons. The van der Waals surface area contributed by atoms with E-state index in [4.69, 9.17) is 4.74 Å². The minimum atomic E-state index is -0.615. The van der Waals surface area contributed by atoms with Crippen LogP contribution in [-0.4, -0.2) is 0 Å². The van der Waals surface area contributed by atoms with Gasteiger partial charge in [-0.05, 0) is 115 Å². The van der Waals surface area contributed by atoms with Gasteiger partial charge in [-0.25, -0.2) is 0 Å². The van der Waals surface area contributed by atoms with Crippen LogP contribution < -0.4 is 9.64 Å². The Bertz CT molecular complexity index is 3850. The normalized spacial score (nSPS) is 14.4. The lowest BCUT2D eigenvalue weighted by Gasteiger charge is -2.40. The molecule has 0 saturated carbocycles. The van der Waals surface area contributed by atoms with Gasteiger partial charge in [0.25, 0.3) is 0 Å². The lowest BCUT2D eigenvalue weighted by atomic mass is 9.66. The molecule has 11 aromatic carbocycles. The molecule has 322 valence electrons. The van der Waals surface area contributed by atoms with Gasteiger partial charge in [-0.2, -0.15) is 0 Å². The molecule has 0 unspecified atom stereocenters. The van der Waals surface area contributed by atoms with Gasteiger partial charge in [0.2, 0.25) is 0 Å². The molecule has 0 amide bonds. The third kappa shape index (κ3) is 5.12. The SMILES string of the molecule is c1ccc(-c2ccccc2N(c2ccc3c(c2)C2(c4ccccc4Sc4ccccc42)c2ccc4ccccc4c2-3)c2cccc3c2-c2ccccc2C32c3ccccc3Oc3ccccc32)cc1. The zero-order chi connectivity index (χ0) is 45.3. The van der Waals surface area contributed by atoms with Crippen molar-refractivity contribution in [3.63, 3.8) is 0 Å². The van der Waals surface area contributed by atoms with Gasteiger partial charge < -0.3 is 9.64 Å². The molecule has 0 saturated heterocycles. The number of hydrogen-bond acceptors (Lipinski definition) is 3. The Kier molecular flexibility index (Phi) is 8.17. The van der Waals surface area contributed by atoms with Crippen LogP contribution in [0, 0.1) is 0 Å². The molecule has 15 rings (SSSR count). The Balaban J connectivity index is 1.07. The van der Waals surface area contributed by atoms with E-state index in [1.54, 1.807) is 0 Å². The van der Waals surface area contributed by atoms with E-state index < -0.39 is 10.8 Å². The molecule has 2 nitrogen and oxygen atoms in total. The van der Waals surface area contributed by atoms with E-state index in [0.717, 1.165) is 45.3 Å². The second-order valence-electron chi connectivity index (χ2n) is 18.6. The highest BCUT2D eigenvalue weighted by atomic mass is 32.2. The molecule has 0 fully saturated rings. The molecule has 11 aromatic rings. The minimum Gasteiger partial charge on any atom is -0.457 e. The summed E-state index contributed by atoms with van der Waals surface area (Å²) in [4.78, 5) is 5.15. The number of fused-ring (bicyclic) bond motifs is 20. The standard InChI is InChI=1S/C66H41NOS/c1-2-19-42(20-3-1)45-22-7-13-31-57(45)67(58-32-18-30-54-64(58)47-24-6-8-25-49(47)65(54)50-26-9-14-33-59(50)68-60-34-15-10-27-51(60)65)44-38-39-48-56(41-44)66(55-40-37-43-21-4-5-23-46(43)63(48)55)52-28-11-16-35-61(52)69-62-36-17-12-29-53(62)66/h1-41H. The summed E-state index contributed by atoms with van der Waals surface area (Å²) in [7, 11) is 0. The third-order valence-electron chi connectivity index (χ3n) is 15.4. The Hall–Kier alpha value is -8.37. The van der Waals surface area contributed by atoms with Crippen molar-refractivity contribution in [3.05, 3.63) is 293 Å². The highest BCUT2D eigenvalue weighted by molar-refractivity contribution is 7.99. The summed E-state index contributed by atoms with van der Waals surface area (Å²) in [5.41, 5.74) is 19.6. The van der Waals surface area contributed by atoms with Crippen molar-refractivity contribution in [3.8, 4) is 44.9 Å². The van der Waals surface area contributed by atoms with Crippen molar-refractivity contribution >= 4 is 39.6 Å². The minimum absolute atomic E-state index is 0.571. The van der Waals surface area contributed by atoms with Crippen molar-refractivity contribution < 1.29 is 4.74 Å². The third-order valence-corrected chi connectivity index (χ3v) is 16.5.